The van der Waals surface area contributed by atoms with Crippen molar-refractivity contribution >= 4 is 21.4 Å². The number of benzene rings is 1. The summed E-state index contributed by atoms with van der Waals surface area (Å²) in [6, 6.07) is 6.35. The molecule has 0 spiro atoms. The third-order valence-corrected chi connectivity index (χ3v) is 4.11. The summed E-state index contributed by atoms with van der Waals surface area (Å²) in [6.45, 7) is 1.74. The van der Waals surface area contributed by atoms with Crippen LogP contribution < -0.4 is 0 Å². The summed E-state index contributed by atoms with van der Waals surface area (Å²) in [5.41, 5.74) is 0.717. The van der Waals surface area contributed by atoms with E-state index in [1.165, 1.54) is 12.1 Å². The Morgan fingerprint density at radius 2 is 2.13 bits per heavy atom. The Bertz CT molecular complexity index is 503. The summed E-state index contributed by atoms with van der Waals surface area (Å²) in [4.78, 5) is 0.222. The van der Waals surface area contributed by atoms with Crippen molar-refractivity contribution in [1.82, 2.24) is 0 Å². The number of nitriles is 1. The Hall–Kier alpha value is -1.05. The first-order valence-corrected chi connectivity index (χ1v) is 6.36. The van der Waals surface area contributed by atoms with Gasteiger partial charge < -0.3 is 0 Å². The van der Waals surface area contributed by atoms with Crippen LogP contribution in [0.2, 0.25) is 5.02 Å². The molecule has 0 fully saturated rings. The summed E-state index contributed by atoms with van der Waals surface area (Å²) >= 11 is 5.79. The third kappa shape index (κ3) is 2.95. The highest BCUT2D eigenvalue weighted by molar-refractivity contribution is 7.91. The van der Waals surface area contributed by atoms with Crippen LogP contribution in [0.1, 0.15) is 12.0 Å². The average molecular weight is 244 g/mol. The molecule has 0 amide bonds. The molecular weight excluding hydrogens is 234 g/mol. The van der Waals surface area contributed by atoms with E-state index in [1.807, 2.05) is 6.07 Å². The summed E-state index contributed by atoms with van der Waals surface area (Å²) in [7, 11) is -3.34. The van der Waals surface area contributed by atoms with Crippen LogP contribution in [0.5, 0.6) is 0 Å². The van der Waals surface area contributed by atoms with E-state index in [1.54, 1.807) is 13.0 Å². The number of sulfone groups is 1. The molecule has 0 heterocycles. The molecule has 0 saturated heterocycles. The second-order valence-corrected chi connectivity index (χ2v) is 5.65. The van der Waals surface area contributed by atoms with Gasteiger partial charge in [-0.3, -0.25) is 0 Å². The van der Waals surface area contributed by atoms with Gasteiger partial charge in [-0.15, -0.1) is 0 Å². The minimum absolute atomic E-state index is 0.00398. The Labute approximate surface area is 94.2 Å². The van der Waals surface area contributed by atoms with E-state index in [-0.39, 0.29) is 17.1 Å². The van der Waals surface area contributed by atoms with Crippen LogP contribution in [0, 0.1) is 18.3 Å². The van der Waals surface area contributed by atoms with Gasteiger partial charge in [0.05, 0.1) is 16.7 Å². The Kier molecular flexibility index (Phi) is 3.72. The molecule has 1 aromatic rings. The fraction of sp³-hybridized carbons (Fsp3) is 0.300. The molecule has 0 aromatic heterocycles. The monoisotopic (exact) mass is 243 g/mol. The van der Waals surface area contributed by atoms with Gasteiger partial charge in [-0.1, -0.05) is 11.6 Å². The van der Waals surface area contributed by atoms with Gasteiger partial charge >= 0.3 is 0 Å². The van der Waals surface area contributed by atoms with Crippen molar-refractivity contribution in [3.63, 3.8) is 0 Å². The van der Waals surface area contributed by atoms with Gasteiger partial charge in [0.1, 0.15) is 0 Å². The SMILES string of the molecule is Cc1cc(S(=O)(=O)CCC#N)ccc1Cl. The second kappa shape index (κ2) is 4.65. The minimum atomic E-state index is -3.34. The molecule has 1 rings (SSSR count). The third-order valence-electron chi connectivity index (χ3n) is 1.97. The fourth-order valence-corrected chi connectivity index (χ4v) is 2.45. The molecule has 0 saturated carbocycles. The van der Waals surface area contributed by atoms with Crippen LogP contribution >= 0.6 is 11.6 Å². The van der Waals surface area contributed by atoms with Crippen LogP contribution in [0.4, 0.5) is 0 Å². The first kappa shape index (κ1) is 12.0. The normalized spacial score (nSPS) is 11.0. The molecular formula is C10H10ClNO2S. The van der Waals surface area contributed by atoms with Gasteiger partial charge in [0, 0.05) is 11.4 Å². The number of rotatable bonds is 3. The molecule has 0 N–H and O–H groups in total. The molecule has 3 nitrogen and oxygen atoms in total. The highest BCUT2D eigenvalue weighted by Gasteiger charge is 2.14. The number of hydrogen-bond donors (Lipinski definition) is 0. The zero-order chi connectivity index (χ0) is 11.5. The minimum Gasteiger partial charge on any atom is -0.224 e. The van der Waals surface area contributed by atoms with Crippen LogP contribution in [-0.4, -0.2) is 14.2 Å². The number of halogens is 1. The summed E-state index contributed by atoms with van der Waals surface area (Å²) in [5, 5.41) is 8.88. The molecule has 0 bridgehead atoms. The van der Waals surface area contributed by atoms with Crippen LogP contribution in [0.25, 0.3) is 0 Å². The molecule has 80 valence electrons. The molecule has 0 aliphatic heterocycles. The smallest absolute Gasteiger partial charge is 0.179 e. The van der Waals surface area contributed by atoms with Gasteiger partial charge in [-0.2, -0.15) is 5.26 Å². The Morgan fingerprint density at radius 1 is 1.47 bits per heavy atom. The maximum absolute atomic E-state index is 11.7. The lowest BCUT2D eigenvalue weighted by Gasteiger charge is -2.04. The van der Waals surface area contributed by atoms with E-state index >= 15 is 0 Å². The molecule has 1 aromatic carbocycles. The van der Waals surface area contributed by atoms with E-state index in [0.29, 0.717) is 5.02 Å². The van der Waals surface area contributed by atoms with Crippen molar-refractivity contribution < 1.29 is 8.42 Å². The average Bonchev–Trinajstić information content (AvgIpc) is 2.19. The van der Waals surface area contributed by atoms with Crippen molar-refractivity contribution in [2.24, 2.45) is 0 Å². The Balaban J connectivity index is 3.07. The van der Waals surface area contributed by atoms with Gasteiger partial charge in [0.2, 0.25) is 0 Å². The van der Waals surface area contributed by atoms with E-state index < -0.39 is 9.84 Å². The summed E-state index contributed by atoms with van der Waals surface area (Å²) < 4.78 is 23.3. The summed E-state index contributed by atoms with van der Waals surface area (Å²) in [5.74, 6) is -0.148. The van der Waals surface area contributed by atoms with E-state index in [4.69, 9.17) is 16.9 Å². The lowest BCUT2D eigenvalue weighted by atomic mass is 10.2. The molecule has 0 aliphatic rings. The summed E-state index contributed by atoms with van der Waals surface area (Å²) in [6.07, 6.45) is 0.00398. The van der Waals surface area contributed by atoms with Gasteiger partial charge in [-0.05, 0) is 30.7 Å². The van der Waals surface area contributed by atoms with E-state index in [9.17, 15) is 8.42 Å². The number of aryl methyl sites for hydroxylation is 1. The van der Waals surface area contributed by atoms with Crippen molar-refractivity contribution in [3.05, 3.63) is 28.8 Å². The van der Waals surface area contributed by atoms with Crippen LogP contribution in [-0.2, 0) is 9.84 Å². The molecule has 0 atom stereocenters. The highest BCUT2D eigenvalue weighted by atomic mass is 35.5. The van der Waals surface area contributed by atoms with Crippen molar-refractivity contribution in [3.8, 4) is 6.07 Å². The first-order chi connectivity index (χ1) is 6.97. The quantitative estimate of drug-likeness (QED) is 0.819. The predicted molar refractivity (Wildman–Crippen MR) is 58.5 cm³/mol. The van der Waals surface area contributed by atoms with Crippen LogP contribution in [0.3, 0.4) is 0 Å². The molecule has 15 heavy (non-hydrogen) atoms. The molecule has 0 aliphatic carbocycles. The maximum Gasteiger partial charge on any atom is 0.179 e. The lowest BCUT2D eigenvalue weighted by molar-refractivity contribution is 0.596. The number of hydrogen-bond acceptors (Lipinski definition) is 3. The maximum atomic E-state index is 11.7. The van der Waals surface area contributed by atoms with Crippen molar-refractivity contribution in [1.29, 1.82) is 5.26 Å². The predicted octanol–water partition coefficient (Wildman–Crippen LogP) is 2.34. The van der Waals surface area contributed by atoms with Gasteiger partial charge in [0.25, 0.3) is 0 Å². The second-order valence-electron chi connectivity index (χ2n) is 3.14. The Morgan fingerprint density at radius 3 is 2.67 bits per heavy atom. The molecule has 0 radical (unpaired) electrons. The van der Waals surface area contributed by atoms with Gasteiger partial charge in [-0.25, -0.2) is 8.42 Å². The first-order valence-electron chi connectivity index (χ1n) is 4.33. The van der Waals surface area contributed by atoms with E-state index in [0.717, 1.165) is 5.56 Å². The zero-order valence-corrected chi connectivity index (χ0v) is 9.77. The zero-order valence-electron chi connectivity index (χ0n) is 8.20. The van der Waals surface area contributed by atoms with Gasteiger partial charge in [0.15, 0.2) is 9.84 Å². The lowest BCUT2D eigenvalue weighted by Crippen LogP contribution is -2.06. The standard InChI is InChI=1S/C10H10ClNO2S/c1-8-7-9(3-4-10(8)11)15(13,14)6-2-5-12/h3-4,7H,2,6H2,1H3. The number of nitrogens with zero attached hydrogens (tertiary/aromatic N) is 1. The largest absolute Gasteiger partial charge is 0.224 e. The van der Waals surface area contributed by atoms with Crippen molar-refractivity contribution in [2.45, 2.75) is 18.2 Å². The van der Waals surface area contributed by atoms with Crippen LogP contribution in [0.15, 0.2) is 23.1 Å². The van der Waals surface area contributed by atoms with Crippen molar-refractivity contribution in [2.75, 3.05) is 5.75 Å². The molecule has 0 unspecified atom stereocenters. The fourth-order valence-electron chi connectivity index (χ4n) is 1.11. The molecule has 5 heteroatoms. The topological polar surface area (TPSA) is 57.9 Å². The van der Waals surface area contributed by atoms with E-state index in [2.05, 4.69) is 0 Å². The highest BCUT2D eigenvalue weighted by Crippen LogP contribution is 2.20.